The monoisotopic (exact) mass is 360 g/mol. The van der Waals surface area contributed by atoms with Crippen LogP contribution in [0, 0.1) is 0 Å². The van der Waals surface area contributed by atoms with Crippen molar-refractivity contribution in [2.24, 2.45) is 0 Å². The van der Waals surface area contributed by atoms with E-state index in [0.29, 0.717) is 8.58 Å². The Balaban J connectivity index is 1.65. The maximum absolute atomic E-state index is 2.33. The Morgan fingerprint density at radius 1 is 0.407 bits per heavy atom. The van der Waals surface area contributed by atoms with Gasteiger partial charge in [0.15, 0.2) is 0 Å². The minimum absolute atomic E-state index is 0.678. The molecule has 6 rings (SSSR count). The summed E-state index contributed by atoms with van der Waals surface area (Å²) >= 11 is 0. The van der Waals surface area contributed by atoms with Crippen LogP contribution in [0.3, 0.4) is 0 Å². The molecule has 5 aromatic rings. The van der Waals surface area contributed by atoms with E-state index < -0.39 is 0 Å². The molecule has 1 unspecified atom stereocenters. The smallest absolute Gasteiger partial charge is 0.00985 e. The number of rotatable bonds is 0. The lowest BCUT2D eigenvalue weighted by atomic mass is 9.97. The third-order valence-electron chi connectivity index (χ3n) is 5.62. The maximum atomic E-state index is 2.33. The standard InChI is InChI=1S/C26H17P/c1-3-7-19-17(5-1)9-11-22-21(19)14-16-26-24(22)13-12-23-20-8-4-2-6-18(20)10-15-25(23)27-26/h1-16,27H. The van der Waals surface area contributed by atoms with Crippen LogP contribution in [-0.4, -0.2) is 0 Å². The van der Waals surface area contributed by atoms with Crippen molar-refractivity contribution >= 4 is 63.7 Å². The lowest BCUT2D eigenvalue weighted by Crippen LogP contribution is -2.07. The van der Waals surface area contributed by atoms with Gasteiger partial charge in [-0.15, -0.1) is 0 Å². The van der Waals surface area contributed by atoms with Crippen molar-refractivity contribution in [3.8, 4) is 0 Å². The van der Waals surface area contributed by atoms with Gasteiger partial charge in [0.25, 0.3) is 0 Å². The molecule has 1 aliphatic heterocycles. The molecule has 1 heterocycles. The van der Waals surface area contributed by atoms with E-state index >= 15 is 0 Å². The van der Waals surface area contributed by atoms with Crippen LogP contribution in [0.5, 0.6) is 0 Å². The molecule has 1 aliphatic rings. The molecule has 1 heteroatoms. The molecule has 0 N–H and O–H groups in total. The molecule has 0 nitrogen and oxygen atoms in total. The van der Waals surface area contributed by atoms with Crippen molar-refractivity contribution in [2.75, 3.05) is 0 Å². The Hall–Kier alpha value is -2.95. The molecular formula is C26H17P. The molecule has 126 valence electrons. The predicted octanol–water partition coefficient (Wildman–Crippen LogP) is 6.26. The third kappa shape index (κ3) is 2.27. The predicted molar refractivity (Wildman–Crippen MR) is 122 cm³/mol. The van der Waals surface area contributed by atoms with Gasteiger partial charge in [0.1, 0.15) is 0 Å². The van der Waals surface area contributed by atoms with Crippen LogP contribution >= 0.6 is 8.58 Å². The van der Waals surface area contributed by atoms with Gasteiger partial charge in [-0.05, 0) is 54.1 Å². The minimum Gasteiger partial charge on any atom is -0.0616 e. The van der Waals surface area contributed by atoms with Crippen molar-refractivity contribution in [1.29, 1.82) is 0 Å². The molecule has 5 aromatic carbocycles. The Morgan fingerprint density at radius 2 is 0.963 bits per heavy atom. The van der Waals surface area contributed by atoms with Gasteiger partial charge in [0, 0.05) is 0 Å². The van der Waals surface area contributed by atoms with E-state index in [1.807, 2.05) is 0 Å². The summed E-state index contributed by atoms with van der Waals surface area (Å²) in [5.41, 5.74) is 2.74. The Morgan fingerprint density at radius 3 is 1.78 bits per heavy atom. The summed E-state index contributed by atoms with van der Waals surface area (Å²) in [7, 11) is 0.678. The summed E-state index contributed by atoms with van der Waals surface area (Å²) in [4.78, 5) is 0. The zero-order valence-electron chi connectivity index (χ0n) is 14.7. The molecule has 0 fully saturated rings. The topological polar surface area (TPSA) is 0 Å². The van der Waals surface area contributed by atoms with Crippen molar-refractivity contribution in [3.05, 3.63) is 96.1 Å². The van der Waals surface area contributed by atoms with Crippen LogP contribution in [0.4, 0.5) is 0 Å². The second-order valence-electron chi connectivity index (χ2n) is 7.11. The highest BCUT2D eigenvalue weighted by Crippen LogP contribution is 2.33. The fourth-order valence-electron chi connectivity index (χ4n) is 4.30. The number of hydrogen-bond acceptors (Lipinski definition) is 0. The largest absolute Gasteiger partial charge is 0.0616 e. The molecule has 0 radical (unpaired) electrons. The van der Waals surface area contributed by atoms with E-state index in [4.69, 9.17) is 0 Å². The zero-order chi connectivity index (χ0) is 17.8. The summed E-state index contributed by atoms with van der Waals surface area (Å²) in [6.45, 7) is 0. The minimum atomic E-state index is 0.678. The molecule has 1 atom stereocenters. The normalized spacial score (nSPS) is 13.8. The third-order valence-corrected chi connectivity index (χ3v) is 7.04. The van der Waals surface area contributed by atoms with Gasteiger partial charge in [-0.2, -0.15) is 0 Å². The van der Waals surface area contributed by atoms with E-state index in [2.05, 4.69) is 97.1 Å². The van der Waals surface area contributed by atoms with Crippen LogP contribution in [0.15, 0.2) is 84.9 Å². The highest BCUT2D eigenvalue weighted by molar-refractivity contribution is 7.56. The van der Waals surface area contributed by atoms with E-state index in [1.54, 1.807) is 0 Å². The summed E-state index contributed by atoms with van der Waals surface area (Å²) in [6.07, 6.45) is 4.66. The van der Waals surface area contributed by atoms with Gasteiger partial charge in [-0.25, -0.2) is 0 Å². The van der Waals surface area contributed by atoms with Crippen LogP contribution in [-0.2, 0) is 0 Å². The molecule has 0 amide bonds. The molecule has 27 heavy (non-hydrogen) atoms. The molecule has 0 spiro atoms. The average molecular weight is 360 g/mol. The van der Waals surface area contributed by atoms with Gasteiger partial charge in [0.05, 0.1) is 0 Å². The van der Waals surface area contributed by atoms with E-state index in [0.717, 1.165) is 0 Å². The highest BCUT2D eigenvalue weighted by Gasteiger charge is 2.14. The van der Waals surface area contributed by atoms with Crippen molar-refractivity contribution in [1.82, 2.24) is 0 Å². The van der Waals surface area contributed by atoms with E-state index in [1.165, 1.54) is 54.1 Å². The molecule has 0 saturated heterocycles. The highest BCUT2D eigenvalue weighted by atomic mass is 31.1. The fraction of sp³-hybridized carbons (Fsp3) is 0. The molecule has 0 aromatic heterocycles. The zero-order valence-corrected chi connectivity index (χ0v) is 15.7. The Labute approximate surface area is 159 Å². The van der Waals surface area contributed by atoms with Crippen LogP contribution in [0.25, 0.3) is 44.5 Å². The van der Waals surface area contributed by atoms with Crippen molar-refractivity contribution < 1.29 is 0 Å². The molecule has 0 saturated carbocycles. The number of hydrogen-bond donors (Lipinski definition) is 0. The van der Waals surface area contributed by atoms with Crippen LogP contribution in [0.1, 0.15) is 11.1 Å². The average Bonchev–Trinajstić information content (AvgIpc) is 2.93. The quantitative estimate of drug-likeness (QED) is 0.222. The fourth-order valence-corrected chi connectivity index (χ4v) is 5.62. The first-order valence-corrected chi connectivity index (χ1v) is 10.3. The second kappa shape index (κ2) is 5.78. The van der Waals surface area contributed by atoms with Crippen LogP contribution < -0.4 is 10.6 Å². The van der Waals surface area contributed by atoms with Crippen LogP contribution in [0.2, 0.25) is 0 Å². The maximum Gasteiger partial charge on any atom is -0.00985 e. The Bertz CT molecular complexity index is 1390. The van der Waals surface area contributed by atoms with Crippen molar-refractivity contribution in [2.45, 2.75) is 0 Å². The van der Waals surface area contributed by atoms with Gasteiger partial charge in [-0.3, -0.25) is 0 Å². The lowest BCUT2D eigenvalue weighted by molar-refractivity contribution is 1.76. The lowest BCUT2D eigenvalue weighted by Gasteiger charge is -2.12. The SMILES string of the molecule is C1=Cc2c(ccc3c2ccc2ccccc23)Pc2ccc3ccccc3c21. The Kier molecular flexibility index (Phi) is 3.24. The summed E-state index contributed by atoms with van der Waals surface area (Å²) in [6, 6.07) is 31.1. The van der Waals surface area contributed by atoms with Gasteiger partial charge >= 0.3 is 0 Å². The van der Waals surface area contributed by atoms with Gasteiger partial charge in [0.2, 0.25) is 0 Å². The van der Waals surface area contributed by atoms with Gasteiger partial charge < -0.3 is 0 Å². The molecule has 0 aliphatic carbocycles. The summed E-state index contributed by atoms with van der Waals surface area (Å²) in [5.74, 6) is 0. The van der Waals surface area contributed by atoms with Gasteiger partial charge in [-0.1, -0.05) is 106 Å². The number of benzene rings is 5. The second-order valence-corrected chi connectivity index (χ2v) is 8.44. The van der Waals surface area contributed by atoms with Crippen molar-refractivity contribution in [3.63, 3.8) is 0 Å². The summed E-state index contributed by atoms with van der Waals surface area (Å²) < 4.78 is 0. The first-order valence-electron chi connectivity index (χ1n) is 9.30. The number of fused-ring (bicyclic) bond motifs is 8. The molecular weight excluding hydrogens is 343 g/mol. The first kappa shape index (κ1) is 15.1. The first-order chi connectivity index (χ1) is 13.4. The molecule has 0 bridgehead atoms. The summed E-state index contributed by atoms with van der Waals surface area (Å²) in [5, 5.41) is 10.9. The van der Waals surface area contributed by atoms with E-state index in [9.17, 15) is 0 Å². The van der Waals surface area contributed by atoms with E-state index in [-0.39, 0.29) is 0 Å².